The van der Waals surface area contributed by atoms with Gasteiger partial charge >= 0.3 is 0 Å². The van der Waals surface area contributed by atoms with Gasteiger partial charge in [0.25, 0.3) is 0 Å². The summed E-state index contributed by atoms with van der Waals surface area (Å²) < 4.78 is 0. The SMILES string of the molecule is ClC1CN(c2ccccc2)CC(C2CCCCC2)N1. The van der Waals surface area contributed by atoms with Crippen molar-refractivity contribution in [3.63, 3.8) is 0 Å². The van der Waals surface area contributed by atoms with Gasteiger partial charge in [-0.05, 0) is 30.9 Å². The predicted molar refractivity (Wildman–Crippen MR) is 81.8 cm³/mol. The molecule has 0 spiro atoms. The van der Waals surface area contributed by atoms with Crippen molar-refractivity contribution in [1.82, 2.24) is 5.32 Å². The lowest BCUT2D eigenvalue weighted by Gasteiger charge is -2.42. The van der Waals surface area contributed by atoms with Crippen LogP contribution in [0.15, 0.2) is 30.3 Å². The number of hydrogen-bond acceptors (Lipinski definition) is 2. The molecular weight excluding hydrogens is 256 g/mol. The minimum absolute atomic E-state index is 0.0703. The molecule has 104 valence electrons. The predicted octanol–water partition coefficient (Wildman–Crippen LogP) is 3.61. The largest absolute Gasteiger partial charge is 0.367 e. The van der Waals surface area contributed by atoms with Gasteiger partial charge in [0.1, 0.15) is 5.50 Å². The van der Waals surface area contributed by atoms with E-state index >= 15 is 0 Å². The van der Waals surface area contributed by atoms with Crippen LogP contribution in [-0.4, -0.2) is 24.6 Å². The first-order valence-corrected chi connectivity index (χ1v) is 7.97. The molecule has 2 nitrogen and oxygen atoms in total. The van der Waals surface area contributed by atoms with Crippen LogP contribution in [0.4, 0.5) is 5.69 Å². The zero-order chi connectivity index (χ0) is 13.1. The van der Waals surface area contributed by atoms with E-state index in [1.165, 1.54) is 37.8 Å². The lowest BCUT2D eigenvalue weighted by Crippen LogP contribution is -2.57. The van der Waals surface area contributed by atoms with Crippen molar-refractivity contribution in [2.45, 2.75) is 43.6 Å². The van der Waals surface area contributed by atoms with Gasteiger partial charge in [-0.3, -0.25) is 5.32 Å². The Morgan fingerprint density at radius 3 is 2.47 bits per heavy atom. The second kappa shape index (κ2) is 6.15. The van der Waals surface area contributed by atoms with Crippen LogP contribution in [0.3, 0.4) is 0 Å². The van der Waals surface area contributed by atoms with E-state index in [-0.39, 0.29) is 5.50 Å². The number of benzene rings is 1. The van der Waals surface area contributed by atoms with Crippen molar-refractivity contribution in [1.29, 1.82) is 0 Å². The van der Waals surface area contributed by atoms with Gasteiger partial charge in [-0.25, -0.2) is 0 Å². The Morgan fingerprint density at radius 1 is 1.00 bits per heavy atom. The van der Waals surface area contributed by atoms with Crippen LogP contribution in [0.1, 0.15) is 32.1 Å². The zero-order valence-corrected chi connectivity index (χ0v) is 12.1. The Morgan fingerprint density at radius 2 is 1.74 bits per heavy atom. The van der Waals surface area contributed by atoms with Crippen LogP contribution < -0.4 is 10.2 Å². The number of nitrogens with one attached hydrogen (secondary N) is 1. The summed E-state index contributed by atoms with van der Waals surface area (Å²) in [4.78, 5) is 2.44. The van der Waals surface area contributed by atoms with E-state index in [4.69, 9.17) is 11.6 Å². The summed E-state index contributed by atoms with van der Waals surface area (Å²) in [5.41, 5.74) is 1.37. The van der Waals surface area contributed by atoms with Gasteiger partial charge < -0.3 is 4.90 Å². The van der Waals surface area contributed by atoms with Gasteiger partial charge in [0.15, 0.2) is 0 Å². The summed E-state index contributed by atoms with van der Waals surface area (Å²) in [5.74, 6) is 0.807. The highest BCUT2D eigenvalue weighted by atomic mass is 35.5. The standard InChI is InChI=1S/C16H23ClN2/c17-16-12-19(14-9-5-2-6-10-14)11-15(18-16)13-7-3-1-4-8-13/h2,5-6,9-10,13,15-16,18H,1,3-4,7-8,11-12H2. The first-order chi connectivity index (χ1) is 9.33. The Bertz CT molecular complexity index is 389. The average molecular weight is 279 g/mol. The van der Waals surface area contributed by atoms with E-state index in [1.807, 2.05) is 0 Å². The first-order valence-electron chi connectivity index (χ1n) is 7.53. The fourth-order valence-corrected chi connectivity index (χ4v) is 3.84. The quantitative estimate of drug-likeness (QED) is 0.657. The number of para-hydroxylation sites is 1. The summed E-state index contributed by atoms with van der Waals surface area (Å²) in [6, 6.07) is 11.2. The van der Waals surface area contributed by atoms with Crippen molar-refractivity contribution in [3.05, 3.63) is 30.3 Å². The van der Waals surface area contributed by atoms with Crippen molar-refractivity contribution in [3.8, 4) is 0 Å². The second-order valence-electron chi connectivity index (χ2n) is 5.88. The fourth-order valence-electron chi connectivity index (χ4n) is 3.51. The lowest BCUT2D eigenvalue weighted by molar-refractivity contribution is 0.250. The minimum Gasteiger partial charge on any atom is -0.367 e. The van der Waals surface area contributed by atoms with Crippen molar-refractivity contribution in [2.75, 3.05) is 18.0 Å². The maximum absolute atomic E-state index is 6.42. The van der Waals surface area contributed by atoms with Gasteiger partial charge in [-0.1, -0.05) is 37.5 Å². The van der Waals surface area contributed by atoms with E-state index in [9.17, 15) is 0 Å². The molecule has 2 aliphatic rings. The number of nitrogens with zero attached hydrogens (tertiary/aromatic N) is 1. The van der Waals surface area contributed by atoms with Crippen LogP contribution in [0.2, 0.25) is 0 Å². The van der Waals surface area contributed by atoms with E-state index in [2.05, 4.69) is 40.5 Å². The molecule has 1 aliphatic heterocycles. The molecule has 1 aromatic rings. The molecule has 1 N–H and O–H groups in total. The van der Waals surface area contributed by atoms with Gasteiger partial charge in [0, 0.05) is 24.8 Å². The molecule has 0 bridgehead atoms. The normalized spacial score (nSPS) is 29.4. The Labute approximate surface area is 121 Å². The molecule has 2 atom stereocenters. The van der Waals surface area contributed by atoms with E-state index < -0.39 is 0 Å². The molecule has 19 heavy (non-hydrogen) atoms. The van der Waals surface area contributed by atoms with Gasteiger partial charge in [0.2, 0.25) is 0 Å². The number of anilines is 1. The van der Waals surface area contributed by atoms with Crippen LogP contribution in [-0.2, 0) is 0 Å². The Balaban J connectivity index is 1.70. The van der Waals surface area contributed by atoms with Crippen LogP contribution in [0.5, 0.6) is 0 Å². The molecule has 1 heterocycles. The smallest absolute Gasteiger partial charge is 0.101 e. The molecule has 3 rings (SSSR count). The zero-order valence-electron chi connectivity index (χ0n) is 11.4. The summed E-state index contributed by atoms with van der Waals surface area (Å²) in [6.07, 6.45) is 6.92. The number of alkyl halides is 1. The molecule has 0 radical (unpaired) electrons. The van der Waals surface area contributed by atoms with Crippen molar-refractivity contribution >= 4 is 17.3 Å². The second-order valence-corrected chi connectivity index (χ2v) is 6.41. The summed E-state index contributed by atoms with van der Waals surface area (Å²) in [5, 5.41) is 3.61. The summed E-state index contributed by atoms with van der Waals surface area (Å²) in [7, 11) is 0. The number of piperazine rings is 1. The third-order valence-electron chi connectivity index (χ3n) is 4.53. The maximum Gasteiger partial charge on any atom is 0.101 e. The molecule has 1 saturated heterocycles. The third-order valence-corrected chi connectivity index (χ3v) is 4.80. The molecule has 3 heteroatoms. The molecule has 0 aromatic heterocycles. The Kier molecular flexibility index (Phi) is 4.29. The topological polar surface area (TPSA) is 15.3 Å². The van der Waals surface area contributed by atoms with E-state index in [0.29, 0.717) is 6.04 Å². The molecule has 2 unspecified atom stereocenters. The third kappa shape index (κ3) is 3.24. The van der Waals surface area contributed by atoms with Gasteiger partial charge in [-0.2, -0.15) is 0 Å². The highest BCUT2D eigenvalue weighted by molar-refractivity contribution is 6.20. The number of rotatable bonds is 2. The lowest BCUT2D eigenvalue weighted by atomic mass is 9.83. The monoisotopic (exact) mass is 278 g/mol. The van der Waals surface area contributed by atoms with Crippen LogP contribution in [0, 0.1) is 5.92 Å². The van der Waals surface area contributed by atoms with Gasteiger partial charge in [0.05, 0.1) is 0 Å². The number of halogens is 1. The molecule has 2 fully saturated rings. The highest BCUT2D eigenvalue weighted by Crippen LogP contribution is 2.30. The molecule has 0 amide bonds. The molecule has 1 aliphatic carbocycles. The number of hydrogen-bond donors (Lipinski definition) is 1. The van der Waals surface area contributed by atoms with Crippen LogP contribution in [0.25, 0.3) is 0 Å². The molecule has 1 aromatic carbocycles. The van der Waals surface area contributed by atoms with Gasteiger partial charge in [-0.15, -0.1) is 11.6 Å². The van der Waals surface area contributed by atoms with E-state index in [0.717, 1.165) is 19.0 Å². The van der Waals surface area contributed by atoms with E-state index in [1.54, 1.807) is 0 Å². The van der Waals surface area contributed by atoms with Crippen LogP contribution >= 0.6 is 11.6 Å². The van der Waals surface area contributed by atoms with Crippen molar-refractivity contribution < 1.29 is 0 Å². The first kappa shape index (κ1) is 13.3. The maximum atomic E-state index is 6.42. The summed E-state index contributed by atoms with van der Waals surface area (Å²) >= 11 is 6.42. The Hall–Kier alpha value is -0.730. The fraction of sp³-hybridized carbons (Fsp3) is 0.625. The van der Waals surface area contributed by atoms with Crippen molar-refractivity contribution in [2.24, 2.45) is 5.92 Å². The highest BCUT2D eigenvalue weighted by Gasteiger charge is 2.31. The average Bonchev–Trinajstić information content (AvgIpc) is 2.48. The molecular formula is C16H23ClN2. The summed E-state index contributed by atoms with van der Waals surface area (Å²) in [6.45, 7) is 1.99. The molecule has 1 saturated carbocycles. The minimum atomic E-state index is 0.0703.